The van der Waals surface area contributed by atoms with E-state index in [1.165, 1.54) is 14.7 Å². The number of nitrogens with two attached hydrogens (primary N) is 3. The molecule has 0 aliphatic carbocycles. The number of ether oxygens (including phenoxy) is 3. The molecule has 8 aromatic carbocycles. The van der Waals surface area contributed by atoms with Gasteiger partial charge in [-0.25, -0.2) is 44.3 Å². The molecule has 38 heteroatoms. The zero-order valence-corrected chi connectivity index (χ0v) is 78.2. The first-order chi connectivity index (χ1) is 63.9. The molecule has 0 saturated heterocycles. The second-order valence-electron chi connectivity index (χ2n) is 32.6. The van der Waals surface area contributed by atoms with Gasteiger partial charge in [0.15, 0.2) is 9.84 Å². The maximum atomic E-state index is 14.1. The number of amides is 5. The fourth-order valence-corrected chi connectivity index (χ4v) is 18.1. The number of aliphatic hydroxyl groups excluding tert-OH is 3. The Morgan fingerprint density at radius 2 is 0.793 bits per heavy atom. The molecule has 740 valence electrons. The Kier molecular flexibility index (Phi) is 48.3. The fourth-order valence-electron chi connectivity index (χ4n) is 14.1. The van der Waals surface area contributed by atoms with E-state index in [0.717, 1.165) is 108 Å². The number of rotatable bonds is 50. The Morgan fingerprint density at radius 3 is 1.15 bits per heavy atom. The predicted octanol–water partition coefficient (Wildman–Crippen LogP) is 14.5. The van der Waals surface area contributed by atoms with Crippen LogP contribution in [-0.4, -0.2) is 201 Å². The first-order valence-electron chi connectivity index (χ1n) is 44.0. The summed E-state index contributed by atoms with van der Waals surface area (Å²) in [6.07, 6.45) is -15.0. The summed E-state index contributed by atoms with van der Waals surface area (Å²) in [5.41, 5.74) is 25.7. The number of esters is 1. The quantitative estimate of drug-likeness (QED) is 0.00760. The Balaban J connectivity index is 0.000000313. The van der Waals surface area contributed by atoms with Gasteiger partial charge in [0.1, 0.15) is 60.2 Å². The van der Waals surface area contributed by atoms with E-state index in [1.807, 2.05) is 76.2 Å². The molecule has 8 rings (SSSR count). The number of sulfone groups is 1. The smallest absolute Gasteiger partial charge is 0.408 e. The van der Waals surface area contributed by atoms with Gasteiger partial charge in [-0.1, -0.05) is 168 Å². The van der Waals surface area contributed by atoms with Crippen molar-refractivity contribution < 1.29 is 124 Å². The monoisotopic (exact) mass is 1960 g/mol. The second kappa shape index (κ2) is 57.6. The lowest BCUT2D eigenvalue weighted by molar-refractivity contribution is -0.147. The van der Waals surface area contributed by atoms with Gasteiger partial charge in [0, 0.05) is 111 Å². The Morgan fingerprint density at radius 1 is 0.452 bits per heavy atom. The van der Waals surface area contributed by atoms with Crippen molar-refractivity contribution in [3.05, 3.63) is 284 Å². The van der Waals surface area contributed by atoms with E-state index < -0.39 is 202 Å². The summed E-state index contributed by atoms with van der Waals surface area (Å²) in [6.45, 7) is 6.48. The van der Waals surface area contributed by atoms with Gasteiger partial charge >= 0.3 is 30.5 Å². The molecule has 11 N–H and O–H groups in total. The first-order valence-corrected chi connectivity index (χ1v) is 48.4. The van der Waals surface area contributed by atoms with Crippen molar-refractivity contribution >= 4 is 68.3 Å². The number of aliphatic hydroxyl groups is 3. The van der Waals surface area contributed by atoms with Crippen LogP contribution < -0.4 is 27.8 Å². The topological polar surface area (TPSA) is 354 Å². The lowest BCUT2D eigenvalue weighted by Crippen LogP contribution is -2.54. The Labute approximate surface area is 786 Å². The van der Waals surface area contributed by atoms with Crippen molar-refractivity contribution in [1.82, 2.24) is 25.3 Å². The van der Waals surface area contributed by atoms with Crippen molar-refractivity contribution in [3.63, 3.8) is 0 Å². The third kappa shape index (κ3) is 44.1. The third-order valence-electron chi connectivity index (χ3n) is 21.2. The van der Waals surface area contributed by atoms with Crippen LogP contribution in [0.3, 0.4) is 0 Å². The maximum absolute atomic E-state index is 14.1. The summed E-state index contributed by atoms with van der Waals surface area (Å²) < 4.78 is 212. The van der Waals surface area contributed by atoms with Crippen LogP contribution in [0.5, 0.6) is 0 Å². The second-order valence-corrected chi connectivity index (χ2v) is 37.6. The number of nitrogens with one attached hydrogen (secondary N) is 2. The maximum Gasteiger partial charge on any atom is 0.408 e. The van der Waals surface area contributed by atoms with E-state index in [1.54, 1.807) is 84.9 Å². The molecule has 10 atom stereocenters. The molecule has 0 bridgehead atoms. The van der Waals surface area contributed by atoms with Crippen LogP contribution in [0.2, 0.25) is 0 Å². The van der Waals surface area contributed by atoms with Crippen molar-refractivity contribution in [3.8, 4) is 0 Å². The highest BCUT2D eigenvalue weighted by molar-refractivity contribution is 7.99. The summed E-state index contributed by atoms with van der Waals surface area (Å²) in [6, 6.07) is 42.6. The van der Waals surface area contributed by atoms with Crippen LogP contribution in [0.15, 0.2) is 188 Å². The van der Waals surface area contributed by atoms with Gasteiger partial charge in [-0.3, -0.25) is 23.4 Å². The van der Waals surface area contributed by atoms with Gasteiger partial charge in [0.25, 0.3) is 0 Å². The number of unbranched alkanes of at least 4 members (excludes halogenated alkanes) is 1. The first kappa shape index (κ1) is 113. The number of nitrogens with zero attached hydrogens (tertiary/aromatic N) is 3. The Bertz CT molecular complexity index is 5120. The van der Waals surface area contributed by atoms with Crippen LogP contribution >= 0.6 is 11.8 Å². The van der Waals surface area contributed by atoms with Gasteiger partial charge in [-0.15, -0.1) is 0 Å². The minimum Gasteiger partial charge on any atom is -0.469 e. The fraction of sp³-hybridized carbons (Fsp3) is 0.443. The molecule has 8 aromatic rings. The number of carbonyl (C=O) groups excluding carboxylic acids is 6. The molecule has 0 aromatic heterocycles. The van der Waals surface area contributed by atoms with Crippen molar-refractivity contribution in [2.24, 2.45) is 23.1 Å². The minimum atomic E-state index is -4.45. The van der Waals surface area contributed by atoms with Crippen molar-refractivity contribution in [2.45, 2.75) is 205 Å². The van der Waals surface area contributed by atoms with Crippen LogP contribution in [0.1, 0.15) is 134 Å². The highest BCUT2D eigenvalue weighted by Crippen LogP contribution is 2.27. The summed E-state index contributed by atoms with van der Waals surface area (Å²) in [4.78, 5) is 83.5. The van der Waals surface area contributed by atoms with E-state index in [4.69, 9.17) is 31.4 Å². The normalized spacial score (nSPS) is 13.8. The molecular formula is C97H120F12N8O15S3. The van der Waals surface area contributed by atoms with Gasteiger partial charge in [0.05, 0.1) is 55.0 Å². The van der Waals surface area contributed by atoms with Crippen LogP contribution in [-0.2, 0) is 125 Å². The lowest BCUT2D eigenvalue weighted by Gasteiger charge is -2.31. The van der Waals surface area contributed by atoms with E-state index in [-0.39, 0.29) is 111 Å². The molecule has 0 fully saturated rings. The predicted molar refractivity (Wildman–Crippen MR) is 492 cm³/mol. The molecule has 0 saturated carbocycles. The third-order valence-corrected chi connectivity index (χ3v) is 25.6. The molecule has 5 amide bonds. The zero-order valence-electron chi connectivity index (χ0n) is 75.8. The molecule has 0 heterocycles. The number of alkyl halides is 6. The number of thioether (sulfide) groups is 1. The molecule has 135 heavy (non-hydrogen) atoms. The van der Waals surface area contributed by atoms with Crippen molar-refractivity contribution in [2.75, 3.05) is 61.3 Å². The van der Waals surface area contributed by atoms with Gasteiger partial charge in [-0.05, 0) is 161 Å². The largest absolute Gasteiger partial charge is 0.469 e. The van der Waals surface area contributed by atoms with Crippen molar-refractivity contribution in [1.29, 1.82) is 0 Å². The van der Waals surface area contributed by atoms with E-state index in [9.17, 15) is 109 Å². The standard InChI is InChI=1S/C34H40F5N3O5S.C34H40F5N3O4S.C29H40F2N2O6S/c1-2-23-10-6-11-25(14-23)19-42(20-31(43)29(40)17-26-15-27(35)18-28(36)16-26)32(44)30(22-48(46)13-7-12-34(37,38)39)41-33(45)47-21-24-8-4-3-5-9-24;1-2-23-10-6-11-25(14-23)19-42(20-31(43)29(40)17-26-15-27(35)18-28(36)16-26)32(44)30(22-47-13-7-12-34(37,38)39)41-33(45)46-21-24-8-4-3-5-9-24;1-4-6-10-40(37,38)19-23(15-28(35)39-3)29(36)33(17-21-9-7-8-20(5-2)11-21)18-27(34)26(32)14-22-12-24(30)16-25(31)13-22/h3-6,8-11,14-16,18,29-31,43H,2,7,12-13,17,19-22,40H2,1H3,(H,41,45);3-6,8-11,14-16,18,29-31,43H,2,7,12-13,17,19-22,40H2,1H3,(H,41,45);7-9,11-13,16,23,26-27,34H,4-6,10,14-15,17-19,32H2,1-3H3/t29-,30+,31+,48?;29-,30+,31+;23-,26-,27+/m000/s1. The molecule has 0 aliphatic rings. The average molecular weight is 1960 g/mol. The van der Waals surface area contributed by atoms with Gasteiger partial charge in [0.2, 0.25) is 17.7 Å². The molecule has 23 nitrogen and oxygen atoms in total. The number of benzene rings is 8. The molecule has 0 radical (unpaired) electrons. The molecule has 0 spiro atoms. The molecular weight excluding hydrogens is 1840 g/mol. The molecule has 0 aliphatic heterocycles. The number of halogens is 12. The van der Waals surface area contributed by atoms with Gasteiger partial charge < -0.3 is 72.1 Å². The van der Waals surface area contributed by atoms with Crippen LogP contribution in [0.4, 0.5) is 62.3 Å². The van der Waals surface area contributed by atoms with Crippen LogP contribution in [0, 0.1) is 40.8 Å². The van der Waals surface area contributed by atoms with E-state index in [0.29, 0.717) is 42.0 Å². The lowest BCUT2D eigenvalue weighted by atomic mass is 9.99. The SMILES string of the molecule is CCCCS(=O)(=O)C[C@H](CC(=O)OC)C(=O)N(Cc1cccc(CC)c1)C[C@@H](O)[C@@H](N)Cc1cc(F)cc(F)c1.CCc1cccc(CN(C[C@@H](O)[C@@H](N)Cc2cc(F)cc(F)c2)C(=O)[C@@H](CS(=O)CCCC(F)(F)F)NC(=O)OCc2ccccc2)c1.CCc1cccc(CN(C[C@@H](O)[C@@H](N)Cc2cc(F)cc(F)c2)C(=O)[C@@H](CSCCCC(F)(F)F)NC(=O)OCc2ccccc2)c1. The minimum absolute atomic E-state index is 0.0149. The van der Waals surface area contributed by atoms with Crippen LogP contribution in [0.25, 0.3) is 0 Å². The summed E-state index contributed by atoms with van der Waals surface area (Å²) >= 11 is 1.07. The highest BCUT2D eigenvalue weighted by atomic mass is 32.2. The summed E-state index contributed by atoms with van der Waals surface area (Å²) in [5, 5.41) is 38.1. The summed E-state index contributed by atoms with van der Waals surface area (Å²) in [5.74, 6) is -10.4. The zero-order chi connectivity index (χ0) is 99.5. The highest BCUT2D eigenvalue weighted by Gasteiger charge is 2.37. The summed E-state index contributed by atoms with van der Waals surface area (Å²) in [7, 11) is -4.47. The van der Waals surface area contributed by atoms with Gasteiger partial charge in [-0.2, -0.15) is 38.1 Å². The number of hydrogen-bond acceptors (Lipinski definition) is 19. The van der Waals surface area contributed by atoms with E-state index in [2.05, 4.69) is 10.6 Å². The number of carbonyl (C=O) groups is 6. The number of aryl methyl sites for hydroxylation is 3. The van der Waals surface area contributed by atoms with E-state index >= 15 is 0 Å². The molecule has 1 unspecified atom stereocenters. The average Bonchev–Trinajstić information content (AvgIpc) is 0.823. The number of alkyl carbamates (subject to hydrolysis) is 2. The Hall–Kier alpha value is -10.5. The number of hydrogen-bond donors (Lipinski definition) is 8. The number of methoxy groups -OCH3 is 1.